The number of carboxylic acids is 1. The van der Waals surface area contributed by atoms with E-state index >= 15 is 0 Å². The first-order valence-corrected chi connectivity index (χ1v) is 7.67. The highest BCUT2D eigenvalue weighted by atomic mass is 16.4. The van der Waals surface area contributed by atoms with Crippen molar-refractivity contribution in [1.82, 2.24) is 5.32 Å². The molecule has 1 fully saturated rings. The number of aliphatic hydroxyl groups excluding tert-OH is 1. The summed E-state index contributed by atoms with van der Waals surface area (Å²) in [7, 11) is 0. The molecule has 0 spiro atoms. The van der Waals surface area contributed by atoms with Crippen LogP contribution in [0.1, 0.15) is 65.2 Å². The largest absolute Gasteiger partial charge is 0.481 e. The lowest BCUT2D eigenvalue weighted by molar-refractivity contribution is -0.141. The fourth-order valence-electron chi connectivity index (χ4n) is 2.78. The van der Waals surface area contributed by atoms with Gasteiger partial charge in [-0.2, -0.15) is 0 Å². The van der Waals surface area contributed by atoms with E-state index in [0.717, 1.165) is 38.5 Å². The number of aliphatic carboxylic acids is 1. The van der Waals surface area contributed by atoms with E-state index in [2.05, 4.69) is 12.2 Å². The summed E-state index contributed by atoms with van der Waals surface area (Å²) >= 11 is 0. The van der Waals surface area contributed by atoms with Crippen molar-refractivity contribution in [2.45, 2.75) is 83.4 Å². The topological polar surface area (TPSA) is 69.6 Å². The summed E-state index contributed by atoms with van der Waals surface area (Å²) in [5.41, 5.74) is 0. The third kappa shape index (κ3) is 6.39. The molecule has 0 saturated heterocycles. The molecule has 112 valence electrons. The molecule has 0 radical (unpaired) electrons. The van der Waals surface area contributed by atoms with E-state index in [1.807, 2.05) is 0 Å². The molecule has 0 aromatic rings. The normalized spacial score (nSPS) is 27.5. The van der Waals surface area contributed by atoms with Gasteiger partial charge in [-0.1, -0.05) is 32.6 Å². The molecule has 1 aliphatic rings. The molecule has 0 aliphatic heterocycles. The summed E-state index contributed by atoms with van der Waals surface area (Å²) in [4.78, 5) is 10.7. The Kier molecular flexibility index (Phi) is 7.39. The Hall–Kier alpha value is -0.610. The SMILES string of the molecule is CC(CCCC(C)C(=O)O)NC1CCCCCC1O. The molecule has 19 heavy (non-hydrogen) atoms. The van der Waals surface area contributed by atoms with Crippen molar-refractivity contribution < 1.29 is 15.0 Å². The maximum atomic E-state index is 10.7. The lowest BCUT2D eigenvalue weighted by Crippen LogP contribution is -2.43. The molecule has 4 atom stereocenters. The van der Waals surface area contributed by atoms with E-state index in [1.165, 1.54) is 12.8 Å². The Morgan fingerprint density at radius 1 is 1.21 bits per heavy atom. The van der Waals surface area contributed by atoms with Crippen LogP contribution < -0.4 is 5.32 Å². The van der Waals surface area contributed by atoms with Crippen LogP contribution in [0.15, 0.2) is 0 Å². The zero-order chi connectivity index (χ0) is 14.3. The van der Waals surface area contributed by atoms with Gasteiger partial charge in [0.15, 0.2) is 0 Å². The van der Waals surface area contributed by atoms with Gasteiger partial charge in [0.2, 0.25) is 0 Å². The van der Waals surface area contributed by atoms with Crippen molar-refractivity contribution >= 4 is 5.97 Å². The van der Waals surface area contributed by atoms with Gasteiger partial charge in [0, 0.05) is 12.1 Å². The van der Waals surface area contributed by atoms with Crippen molar-refractivity contribution in [2.24, 2.45) is 5.92 Å². The van der Waals surface area contributed by atoms with Gasteiger partial charge >= 0.3 is 5.97 Å². The first kappa shape index (κ1) is 16.4. The molecule has 4 unspecified atom stereocenters. The van der Waals surface area contributed by atoms with Gasteiger partial charge in [-0.3, -0.25) is 4.79 Å². The van der Waals surface area contributed by atoms with Crippen molar-refractivity contribution in [3.05, 3.63) is 0 Å². The maximum absolute atomic E-state index is 10.7. The second-order valence-corrected chi connectivity index (χ2v) is 6.05. The highest BCUT2D eigenvalue weighted by molar-refractivity contribution is 5.69. The van der Waals surface area contributed by atoms with Gasteiger partial charge in [-0.25, -0.2) is 0 Å². The van der Waals surface area contributed by atoms with Gasteiger partial charge in [0.1, 0.15) is 0 Å². The number of hydrogen-bond donors (Lipinski definition) is 3. The predicted molar refractivity (Wildman–Crippen MR) is 76.1 cm³/mol. The fraction of sp³-hybridized carbons (Fsp3) is 0.933. The molecule has 4 nitrogen and oxygen atoms in total. The van der Waals surface area contributed by atoms with Crippen molar-refractivity contribution in [2.75, 3.05) is 0 Å². The number of rotatable bonds is 7. The summed E-state index contributed by atoms with van der Waals surface area (Å²) in [6, 6.07) is 0.563. The summed E-state index contributed by atoms with van der Waals surface area (Å²) in [6.45, 7) is 3.89. The molecule has 1 saturated carbocycles. The standard InChI is InChI=1S/C15H29NO3/c1-11(15(18)19)7-6-8-12(2)16-13-9-4-3-5-10-14(13)17/h11-14,16-17H,3-10H2,1-2H3,(H,18,19). The van der Waals surface area contributed by atoms with Gasteiger partial charge < -0.3 is 15.5 Å². The second kappa shape index (κ2) is 8.54. The first-order chi connectivity index (χ1) is 9.00. The van der Waals surface area contributed by atoms with Crippen LogP contribution in [-0.4, -0.2) is 34.4 Å². The Bertz CT molecular complexity index is 270. The number of hydrogen-bond acceptors (Lipinski definition) is 3. The van der Waals surface area contributed by atoms with Gasteiger partial charge in [0.05, 0.1) is 12.0 Å². The highest BCUT2D eigenvalue weighted by Crippen LogP contribution is 2.19. The highest BCUT2D eigenvalue weighted by Gasteiger charge is 2.22. The average molecular weight is 271 g/mol. The Morgan fingerprint density at radius 3 is 2.58 bits per heavy atom. The van der Waals surface area contributed by atoms with E-state index in [1.54, 1.807) is 6.92 Å². The Labute approximate surface area is 116 Å². The lowest BCUT2D eigenvalue weighted by atomic mass is 10.00. The average Bonchev–Trinajstić information content (AvgIpc) is 2.54. The number of nitrogens with one attached hydrogen (secondary N) is 1. The minimum Gasteiger partial charge on any atom is -0.481 e. The quantitative estimate of drug-likeness (QED) is 0.622. The molecule has 0 heterocycles. The maximum Gasteiger partial charge on any atom is 0.306 e. The number of carbonyl (C=O) groups is 1. The monoisotopic (exact) mass is 271 g/mol. The van der Waals surface area contributed by atoms with E-state index < -0.39 is 5.97 Å². The van der Waals surface area contributed by atoms with Crippen LogP contribution in [0.4, 0.5) is 0 Å². The van der Waals surface area contributed by atoms with Crippen LogP contribution in [0, 0.1) is 5.92 Å². The molecule has 0 aromatic carbocycles. The summed E-state index contributed by atoms with van der Waals surface area (Å²) in [5, 5.41) is 22.4. The minimum atomic E-state index is -0.709. The third-order valence-corrected chi connectivity index (χ3v) is 4.17. The molecular formula is C15H29NO3. The van der Waals surface area contributed by atoms with E-state index in [9.17, 15) is 9.90 Å². The molecule has 0 bridgehead atoms. The van der Waals surface area contributed by atoms with Crippen molar-refractivity contribution in [1.29, 1.82) is 0 Å². The number of carboxylic acid groups (broad SMARTS) is 1. The van der Waals surface area contributed by atoms with Crippen LogP contribution in [0.5, 0.6) is 0 Å². The lowest BCUT2D eigenvalue weighted by Gasteiger charge is -2.26. The molecule has 1 aliphatic carbocycles. The van der Waals surface area contributed by atoms with Gasteiger partial charge in [-0.15, -0.1) is 0 Å². The van der Waals surface area contributed by atoms with Crippen LogP contribution in [0.3, 0.4) is 0 Å². The molecule has 4 heteroatoms. The molecule has 3 N–H and O–H groups in total. The summed E-state index contributed by atoms with van der Waals surface area (Å²) < 4.78 is 0. The second-order valence-electron chi connectivity index (χ2n) is 6.05. The van der Waals surface area contributed by atoms with E-state index in [-0.39, 0.29) is 18.1 Å². The van der Waals surface area contributed by atoms with Crippen molar-refractivity contribution in [3.8, 4) is 0 Å². The van der Waals surface area contributed by atoms with Crippen LogP contribution in [0.25, 0.3) is 0 Å². The fourth-order valence-corrected chi connectivity index (χ4v) is 2.78. The van der Waals surface area contributed by atoms with Crippen molar-refractivity contribution in [3.63, 3.8) is 0 Å². The number of aliphatic hydroxyl groups is 1. The van der Waals surface area contributed by atoms with Crippen LogP contribution in [-0.2, 0) is 4.79 Å². The van der Waals surface area contributed by atoms with Crippen LogP contribution >= 0.6 is 0 Å². The van der Waals surface area contributed by atoms with Crippen LogP contribution in [0.2, 0.25) is 0 Å². The summed E-state index contributed by atoms with van der Waals surface area (Å²) in [5.74, 6) is -0.963. The predicted octanol–water partition coefficient (Wildman–Crippen LogP) is 2.55. The van der Waals surface area contributed by atoms with Gasteiger partial charge in [-0.05, 0) is 32.6 Å². The van der Waals surface area contributed by atoms with E-state index in [4.69, 9.17) is 5.11 Å². The zero-order valence-electron chi connectivity index (χ0n) is 12.3. The Morgan fingerprint density at radius 2 is 1.89 bits per heavy atom. The first-order valence-electron chi connectivity index (χ1n) is 7.67. The molecule has 1 rings (SSSR count). The third-order valence-electron chi connectivity index (χ3n) is 4.17. The molecule has 0 amide bonds. The van der Waals surface area contributed by atoms with E-state index in [0.29, 0.717) is 6.04 Å². The Balaban J connectivity index is 2.22. The minimum absolute atomic E-state index is 0.217. The smallest absolute Gasteiger partial charge is 0.306 e. The molecule has 0 aromatic heterocycles. The van der Waals surface area contributed by atoms with Gasteiger partial charge in [0.25, 0.3) is 0 Å². The summed E-state index contributed by atoms with van der Waals surface area (Å²) in [6.07, 6.45) is 7.90. The molecular weight excluding hydrogens is 242 g/mol. The zero-order valence-corrected chi connectivity index (χ0v) is 12.3.